The van der Waals surface area contributed by atoms with Crippen LogP contribution in [0.15, 0.2) is 52.6 Å². The minimum absolute atomic E-state index is 0.0472. The summed E-state index contributed by atoms with van der Waals surface area (Å²) in [6.07, 6.45) is 4.83. The molecular weight excluding hydrogens is 376 g/mol. The molecule has 0 fully saturated rings. The van der Waals surface area contributed by atoms with Crippen LogP contribution in [0.1, 0.15) is 25.0 Å². The van der Waals surface area contributed by atoms with Gasteiger partial charge in [-0.05, 0) is 36.4 Å². The van der Waals surface area contributed by atoms with Crippen molar-refractivity contribution in [2.24, 2.45) is 4.40 Å². The van der Waals surface area contributed by atoms with E-state index in [1.807, 2.05) is 18.2 Å². The third-order valence-electron chi connectivity index (χ3n) is 4.93. The summed E-state index contributed by atoms with van der Waals surface area (Å²) in [4.78, 5) is 16.6. The summed E-state index contributed by atoms with van der Waals surface area (Å²) in [5, 5.41) is 2.97. The van der Waals surface area contributed by atoms with Crippen LogP contribution >= 0.6 is 0 Å². The fourth-order valence-electron chi connectivity index (χ4n) is 3.19. The molecule has 0 aromatic heterocycles. The Morgan fingerprint density at radius 2 is 1.89 bits per heavy atom. The second kappa shape index (κ2) is 8.70. The maximum Gasteiger partial charge on any atom is 0.256 e. The Kier molecular flexibility index (Phi) is 6.31. The highest BCUT2D eigenvalue weighted by Gasteiger charge is 2.25. The van der Waals surface area contributed by atoms with Gasteiger partial charge < -0.3 is 10.2 Å². The van der Waals surface area contributed by atoms with Crippen molar-refractivity contribution < 1.29 is 13.2 Å². The van der Waals surface area contributed by atoms with E-state index >= 15 is 0 Å². The van der Waals surface area contributed by atoms with Gasteiger partial charge in [0.25, 0.3) is 15.9 Å². The van der Waals surface area contributed by atoms with E-state index in [9.17, 15) is 13.2 Å². The van der Waals surface area contributed by atoms with Crippen molar-refractivity contribution in [3.8, 4) is 0 Å². The quantitative estimate of drug-likeness (QED) is 0.750. The molecule has 1 N–H and O–H groups in total. The van der Waals surface area contributed by atoms with Crippen LogP contribution in [0.3, 0.4) is 0 Å². The predicted molar refractivity (Wildman–Crippen MR) is 110 cm³/mol. The highest BCUT2D eigenvalue weighted by Crippen LogP contribution is 2.16. The number of carbonyl (C=O) groups excluding carboxylic acids is 1. The highest BCUT2D eigenvalue weighted by atomic mass is 32.2. The van der Waals surface area contributed by atoms with Gasteiger partial charge in [0.1, 0.15) is 5.84 Å². The second-order valence-electron chi connectivity index (χ2n) is 6.76. The maximum atomic E-state index is 12.6. The number of carbonyl (C=O) groups is 1. The zero-order valence-electron chi connectivity index (χ0n) is 16.3. The van der Waals surface area contributed by atoms with Gasteiger partial charge in [0.2, 0.25) is 0 Å². The SMILES string of the molecule is CCN(CC)Cc1ccccc1CNC(=O)C1=CN2CCS(=O)(=O)N=C2C=C1. The van der Waals surface area contributed by atoms with Crippen LogP contribution in [0, 0.1) is 0 Å². The van der Waals surface area contributed by atoms with Crippen molar-refractivity contribution in [1.82, 2.24) is 15.1 Å². The zero-order valence-corrected chi connectivity index (χ0v) is 17.1. The predicted octanol–water partition coefficient (Wildman–Crippen LogP) is 1.64. The molecule has 8 heteroatoms. The average molecular weight is 403 g/mol. The minimum atomic E-state index is -3.40. The number of hydrogen-bond donors (Lipinski definition) is 1. The van der Waals surface area contributed by atoms with Crippen LogP contribution in [0.4, 0.5) is 0 Å². The average Bonchev–Trinajstić information content (AvgIpc) is 2.69. The summed E-state index contributed by atoms with van der Waals surface area (Å²) in [6.45, 7) is 7.82. The number of amidine groups is 1. The van der Waals surface area contributed by atoms with E-state index in [0.29, 0.717) is 24.5 Å². The van der Waals surface area contributed by atoms with Crippen LogP contribution in [0.2, 0.25) is 0 Å². The number of fused-ring (bicyclic) bond motifs is 1. The number of nitrogens with zero attached hydrogens (tertiary/aromatic N) is 3. The highest BCUT2D eigenvalue weighted by molar-refractivity contribution is 7.90. The molecule has 1 aromatic rings. The fourth-order valence-corrected chi connectivity index (χ4v) is 4.15. The van der Waals surface area contributed by atoms with Crippen LogP contribution in [-0.4, -0.2) is 55.3 Å². The van der Waals surface area contributed by atoms with E-state index in [0.717, 1.165) is 25.2 Å². The van der Waals surface area contributed by atoms with Gasteiger partial charge in [-0.1, -0.05) is 38.1 Å². The molecule has 2 aliphatic rings. The van der Waals surface area contributed by atoms with Crippen molar-refractivity contribution in [3.05, 3.63) is 59.3 Å². The van der Waals surface area contributed by atoms with Crippen LogP contribution < -0.4 is 5.32 Å². The number of amides is 1. The molecule has 0 atom stereocenters. The molecular formula is C20H26N4O3S. The Bertz CT molecular complexity index is 931. The molecule has 0 saturated heterocycles. The molecule has 0 aliphatic carbocycles. The summed E-state index contributed by atoms with van der Waals surface area (Å²) in [5.74, 6) is 0.114. The lowest BCUT2D eigenvalue weighted by molar-refractivity contribution is -0.117. The van der Waals surface area contributed by atoms with Gasteiger partial charge in [-0.3, -0.25) is 9.69 Å². The van der Waals surface area contributed by atoms with E-state index in [2.05, 4.69) is 34.5 Å². The number of rotatable bonds is 7. The normalized spacial score (nSPS) is 17.8. The van der Waals surface area contributed by atoms with E-state index in [-0.39, 0.29) is 11.7 Å². The summed E-state index contributed by atoms with van der Waals surface area (Å²) >= 11 is 0. The standard InChI is InChI=1S/C20H26N4O3S/c1-3-23(4-2)14-17-8-6-5-7-16(17)13-21-20(25)18-9-10-19-22-28(26,27)12-11-24(19)15-18/h5-10,15H,3-4,11-14H2,1-2H3,(H,21,25). The van der Waals surface area contributed by atoms with Gasteiger partial charge in [0, 0.05) is 25.8 Å². The van der Waals surface area contributed by atoms with Gasteiger partial charge in [-0.25, -0.2) is 8.42 Å². The topological polar surface area (TPSA) is 82.1 Å². The molecule has 1 amide bonds. The van der Waals surface area contributed by atoms with Crippen molar-refractivity contribution in [3.63, 3.8) is 0 Å². The molecule has 0 unspecified atom stereocenters. The molecule has 0 spiro atoms. The Labute approximate surface area is 166 Å². The molecule has 1 aromatic carbocycles. The zero-order chi connectivity index (χ0) is 20.1. The fraction of sp³-hybridized carbons (Fsp3) is 0.400. The summed E-state index contributed by atoms with van der Waals surface area (Å²) in [6, 6.07) is 8.12. The largest absolute Gasteiger partial charge is 0.348 e. The summed E-state index contributed by atoms with van der Waals surface area (Å²) < 4.78 is 26.9. The van der Waals surface area contributed by atoms with Crippen molar-refractivity contribution in [2.45, 2.75) is 26.9 Å². The van der Waals surface area contributed by atoms with E-state index < -0.39 is 10.0 Å². The summed E-state index contributed by atoms with van der Waals surface area (Å²) in [7, 11) is -3.40. The number of benzene rings is 1. The van der Waals surface area contributed by atoms with Crippen molar-refractivity contribution in [2.75, 3.05) is 25.4 Å². The van der Waals surface area contributed by atoms with Crippen LogP contribution in [0.25, 0.3) is 0 Å². The Morgan fingerprint density at radius 1 is 1.18 bits per heavy atom. The lowest BCUT2D eigenvalue weighted by Gasteiger charge is -2.27. The molecule has 0 saturated carbocycles. The van der Waals surface area contributed by atoms with Gasteiger partial charge >= 0.3 is 0 Å². The molecule has 28 heavy (non-hydrogen) atoms. The van der Waals surface area contributed by atoms with Crippen molar-refractivity contribution in [1.29, 1.82) is 0 Å². The Balaban J connectivity index is 1.66. The van der Waals surface area contributed by atoms with E-state index in [4.69, 9.17) is 0 Å². The van der Waals surface area contributed by atoms with Gasteiger partial charge in [-0.2, -0.15) is 0 Å². The van der Waals surface area contributed by atoms with E-state index in [1.165, 1.54) is 5.56 Å². The lowest BCUT2D eigenvalue weighted by atomic mass is 10.1. The Hall–Kier alpha value is -2.45. The molecule has 2 aliphatic heterocycles. The first-order chi connectivity index (χ1) is 13.4. The monoisotopic (exact) mass is 402 g/mol. The minimum Gasteiger partial charge on any atom is -0.348 e. The molecule has 0 radical (unpaired) electrons. The lowest BCUT2D eigenvalue weighted by Crippen LogP contribution is -2.38. The Morgan fingerprint density at radius 3 is 2.61 bits per heavy atom. The number of sulfonamides is 1. The van der Waals surface area contributed by atoms with Crippen molar-refractivity contribution >= 4 is 21.8 Å². The summed E-state index contributed by atoms with van der Waals surface area (Å²) in [5.41, 5.74) is 2.78. The first kappa shape index (κ1) is 20.3. The first-order valence-electron chi connectivity index (χ1n) is 9.48. The molecule has 2 heterocycles. The molecule has 3 rings (SSSR count). The van der Waals surface area contributed by atoms with Gasteiger partial charge in [0.15, 0.2) is 0 Å². The van der Waals surface area contributed by atoms with E-state index in [1.54, 1.807) is 23.3 Å². The first-order valence-corrected chi connectivity index (χ1v) is 11.1. The maximum absolute atomic E-state index is 12.6. The van der Waals surface area contributed by atoms with Crippen LogP contribution in [-0.2, 0) is 27.9 Å². The van der Waals surface area contributed by atoms with Gasteiger partial charge in [0.05, 0.1) is 11.3 Å². The smallest absolute Gasteiger partial charge is 0.256 e. The third kappa shape index (κ3) is 4.88. The third-order valence-corrected chi connectivity index (χ3v) is 6.10. The number of nitrogens with one attached hydrogen (secondary N) is 1. The molecule has 150 valence electrons. The number of hydrogen-bond acceptors (Lipinski definition) is 5. The molecule has 7 nitrogen and oxygen atoms in total. The van der Waals surface area contributed by atoms with Crippen LogP contribution in [0.5, 0.6) is 0 Å². The molecule has 0 bridgehead atoms. The second-order valence-corrected chi connectivity index (χ2v) is 8.51. The van der Waals surface area contributed by atoms with Gasteiger partial charge in [-0.15, -0.1) is 4.40 Å².